The molecule has 0 aliphatic heterocycles. The second-order valence-electron chi connectivity index (χ2n) is 5.17. The van der Waals surface area contributed by atoms with E-state index in [-0.39, 0.29) is 0 Å². The number of rotatable bonds is 6. The average Bonchev–Trinajstić information content (AvgIpc) is 2.28. The third-order valence-corrected chi connectivity index (χ3v) is 3.40. The number of hydrogen-bond donors (Lipinski definition) is 0. The molecule has 0 bridgehead atoms. The molecular weight excluding hydrogens is 232 g/mol. The van der Waals surface area contributed by atoms with Gasteiger partial charge in [-0.3, -0.25) is 0 Å². The highest BCUT2D eigenvalue weighted by Gasteiger charge is 2.13. The van der Waals surface area contributed by atoms with Crippen LogP contribution in [-0.2, 0) is 6.42 Å². The summed E-state index contributed by atoms with van der Waals surface area (Å²) in [4.78, 5) is 0. The average molecular weight is 255 g/mol. The lowest BCUT2D eigenvalue weighted by molar-refractivity contribution is 0.396. The van der Waals surface area contributed by atoms with Crippen LogP contribution in [-0.4, -0.2) is 13.0 Å². The molecule has 0 fully saturated rings. The van der Waals surface area contributed by atoms with Crippen molar-refractivity contribution in [2.45, 2.75) is 33.6 Å². The molecule has 0 aromatic heterocycles. The van der Waals surface area contributed by atoms with Crippen molar-refractivity contribution in [1.82, 2.24) is 0 Å². The monoisotopic (exact) mass is 254 g/mol. The van der Waals surface area contributed by atoms with E-state index in [9.17, 15) is 0 Å². The number of halogens is 1. The van der Waals surface area contributed by atoms with Gasteiger partial charge in [-0.25, -0.2) is 0 Å². The van der Waals surface area contributed by atoms with Crippen molar-refractivity contribution in [3.63, 3.8) is 0 Å². The molecule has 0 aliphatic rings. The predicted molar refractivity (Wildman–Crippen MR) is 75.1 cm³/mol. The first kappa shape index (κ1) is 14.4. The van der Waals surface area contributed by atoms with Gasteiger partial charge < -0.3 is 4.74 Å². The molecule has 0 amide bonds. The van der Waals surface area contributed by atoms with Gasteiger partial charge in [0.1, 0.15) is 5.75 Å². The molecule has 0 saturated carbocycles. The zero-order valence-electron chi connectivity index (χ0n) is 11.3. The van der Waals surface area contributed by atoms with Crippen LogP contribution < -0.4 is 4.74 Å². The van der Waals surface area contributed by atoms with Crippen molar-refractivity contribution in [3.8, 4) is 5.75 Å². The van der Waals surface area contributed by atoms with Crippen molar-refractivity contribution in [1.29, 1.82) is 0 Å². The Kier molecular flexibility index (Phi) is 5.84. The van der Waals surface area contributed by atoms with E-state index < -0.39 is 0 Å². The predicted octanol–water partition coefficient (Wildman–Crippen LogP) is 4.45. The number of benzene rings is 1. The summed E-state index contributed by atoms with van der Waals surface area (Å²) in [5.41, 5.74) is 2.55. The lowest BCUT2D eigenvalue weighted by Gasteiger charge is -2.18. The molecule has 1 aromatic carbocycles. The lowest BCUT2D eigenvalue weighted by Crippen LogP contribution is -2.10. The lowest BCUT2D eigenvalue weighted by atomic mass is 9.91. The van der Waals surface area contributed by atoms with Crippen molar-refractivity contribution >= 4 is 11.6 Å². The fourth-order valence-electron chi connectivity index (χ4n) is 2.25. The minimum Gasteiger partial charge on any atom is -0.496 e. The maximum Gasteiger partial charge on any atom is 0.122 e. The molecule has 0 spiro atoms. The summed E-state index contributed by atoms with van der Waals surface area (Å²) in [5.74, 6) is 2.92. The molecular formula is C15H23ClO. The molecule has 0 aliphatic carbocycles. The largest absolute Gasteiger partial charge is 0.496 e. The van der Waals surface area contributed by atoms with E-state index in [1.807, 2.05) is 6.07 Å². The van der Waals surface area contributed by atoms with Crippen LogP contribution in [0.25, 0.3) is 0 Å². The fraction of sp³-hybridized carbons (Fsp3) is 0.600. The van der Waals surface area contributed by atoms with Gasteiger partial charge in [-0.15, -0.1) is 11.6 Å². The van der Waals surface area contributed by atoms with E-state index in [2.05, 4.69) is 32.9 Å². The maximum absolute atomic E-state index is 6.06. The molecule has 0 N–H and O–H groups in total. The highest BCUT2D eigenvalue weighted by atomic mass is 35.5. The van der Waals surface area contributed by atoms with Crippen LogP contribution in [0.3, 0.4) is 0 Å². The quantitative estimate of drug-likeness (QED) is 0.682. The minimum absolute atomic E-state index is 0.535. The van der Waals surface area contributed by atoms with E-state index in [4.69, 9.17) is 16.3 Å². The summed E-state index contributed by atoms with van der Waals surface area (Å²) in [6.45, 7) is 6.60. The first-order valence-corrected chi connectivity index (χ1v) is 6.79. The Morgan fingerprint density at radius 2 is 2.00 bits per heavy atom. The summed E-state index contributed by atoms with van der Waals surface area (Å²) in [5, 5.41) is 0. The number of ether oxygens (including phenoxy) is 1. The van der Waals surface area contributed by atoms with Crippen molar-refractivity contribution in [2.75, 3.05) is 13.0 Å². The van der Waals surface area contributed by atoms with E-state index >= 15 is 0 Å². The van der Waals surface area contributed by atoms with Gasteiger partial charge in [-0.05, 0) is 43.2 Å². The Hall–Kier alpha value is -0.690. The van der Waals surface area contributed by atoms with Crippen LogP contribution in [0.1, 0.15) is 31.4 Å². The van der Waals surface area contributed by atoms with Gasteiger partial charge in [0.15, 0.2) is 0 Å². The molecule has 0 radical (unpaired) electrons. The van der Waals surface area contributed by atoms with Gasteiger partial charge in [0.2, 0.25) is 0 Å². The zero-order chi connectivity index (χ0) is 12.8. The van der Waals surface area contributed by atoms with Crippen LogP contribution in [0, 0.1) is 18.8 Å². The molecule has 0 heterocycles. The molecule has 1 rings (SSSR count). The highest BCUT2D eigenvalue weighted by Crippen LogP contribution is 2.26. The Balaban J connectivity index is 2.80. The normalized spacial score (nSPS) is 12.8. The van der Waals surface area contributed by atoms with Crippen molar-refractivity contribution in [2.24, 2.45) is 11.8 Å². The maximum atomic E-state index is 6.06. The smallest absolute Gasteiger partial charge is 0.122 e. The summed E-state index contributed by atoms with van der Waals surface area (Å²) < 4.78 is 5.41. The Labute approximate surface area is 110 Å². The summed E-state index contributed by atoms with van der Waals surface area (Å²) in [6, 6.07) is 6.34. The van der Waals surface area contributed by atoms with Gasteiger partial charge in [0.25, 0.3) is 0 Å². The molecule has 17 heavy (non-hydrogen) atoms. The Morgan fingerprint density at radius 1 is 1.29 bits per heavy atom. The molecule has 1 aromatic rings. The van der Waals surface area contributed by atoms with Crippen LogP contribution in [0.2, 0.25) is 0 Å². The molecule has 0 saturated heterocycles. The minimum atomic E-state index is 0.535. The van der Waals surface area contributed by atoms with Gasteiger partial charge in [0, 0.05) is 5.88 Å². The zero-order valence-corrected chi connectivity index (χ0v) is 12.1. The molecule has 96 valence electrons. The number of aryl methyl sites for hydroxylation is 1. The summed E-state index contributed by atoms with van der Waals surface area (Å²) in [7, 11) is 1.73. The number of methoxy groups -OCH3 is 1. The Bertz CT molecular complexity index is 347. The third-order valence-electron chi connectivity index (χ3n) is 2.97. The van der Waals surface area contributed by atoms with Gasteiger partial charge in [-0.1, -0.05) is 31.5 Å². The summed E-state index contributed by atoms with van der Waals surface area (Å²) in [6.07, 6.45) is 2.17. The molecule has 1 nitrogen and oxygen atoms in total. The first-order chi connectivity index (χ1) is 8.06. The van der Waals surface area contributed by atoms with E-state index in [1.54, 1.807) is 7.11 Å². The fourth-order valence-corrected chi connectivity index (χ4v) is 2.48. The number of alkyl halides is 1. The topological polar surface area (TPSA) is 9.23 Å². The highest BCUT2D eigenvalue weighted by molar-refractivity contribution is 6.18. The third kappa shape index (κ3) is 4.59. The van der Waals surface area contributed by atoms with E-state index in [0.717, 1.165) is 18.1 Å². The number of hydrogen-bond acceptors (Lipinski definition) is 1. The molecule has 1 unspecified atom stereocenters. The van der Waals surface area contributed by atoms with Crippen LogP contribution in [0.5, 0.6) is 5.75 Å². The van der Waals surface area contributed by atoms with E-state index in [0.29, 0.717) is 11.8 Å². The van der Waals surface area contributed by atoms with Crippen LogP contribution >= 0.6 is 11.6 Å². The van der Waals surface area contributed by atoms with E-state index in [1.165, 1.54) is 17.5 Å². The van der Waals surface area contributed by atoms with Gasteiger partial charge >= 0.3 is 0 Å². The molecule has 1 atom stereocenters. The van der Waals surface area contributed by atoms with Crippen LogP contribution in [0.4, 0.5) is 0 Å². The SMILES string of the molecule is COc1ccc(C)cc1CC(CCl)CC(C)C. The second-order valence-corrected chi connectivity index (χ2v) is 5.48. The van der Waals surface area contributed by atoms with Crippen molar-refractivity contribution in [3.05, 3.63) is 29.3 Å². The second kappa shape index (κ2) is 6.90. The standard InChI is InChI=1S/C15H23ClO/c1-11(2)7-13(10-16)9-14-8-12(3)5-6-15(14)17-4/h5-6,8,11,13H,7,9-10H2,1-4H3. The van der Waals surface area contributed by atoms with Crippen LogP contribution in [0.15, 0.2) is 18.2 Å². The molecule has 2 heteroatoms. The van der Waals surface area contributed by atoms with Gasteiger partial charge in [0.05, 0.1) is 7.11 Å². The first-order valence-electron chi connectivity index (χ1n) is 6.26. The summed E-state index contributed by atoms with van der Waals surface area (Å²) >= 11 is 6.06. The van der Waals surface area contributed by atoms with Crippen molar-refractivity contribution < 1.29 is 4.74 Å². The van der Waals surface area contributed by atoms with Gasteiger partial charge in [-0.2, -0.15) is 0 Å². The Morgan fingerprint density at radius 3 is 2.53 bits per heavy atom.